The Kier molecular flexibility index (Phi) is 4.75. The monoisotopic (exact) mass is 350 g/mol. The molecule has 0 saturated heterocycles. The van der Waals surface area contributed by atoms with Crippen molar-refractivity contribution in [1.82, 2.24) is 10.4 Å². The number of aromatic carboxylic acids is 1. The van der Waals surface area contributed by atoms with Crippen LogP contribution in [0.2, 0.25) is 0 Å². The Labute approximate surface area is 147 Å². The van der Waals surface area contributed by atoms with Crippen LogP contribution in [0.3, 0.4) is 0 Å². The summed E-state index contributed by atoms with van der Waals surface area (Å²) in [4.78, 5) is 37.4. The van der Waals surface area contributed by atoms with Gasteiger partial charge in [0.05, 0.1) is 11.8 Å². The Morgan fingerprint density at radius 2 is 1.73 bits per heavy atom. The maximum atomic E-state index is 11.8. The van der Waals surface area contributed by atoms with Crippen molar-refractivity contribution in [3.63, 3.8) is 0 Å². The molecule has 0 atom stereocenters. The van der Waals surface area contributed by atoms with Crippen molar-refractivity contribution in [2.75, 3.05) is 5.32 Å². The van der Waals surface area contributed by atoms with Gasteiger partial charge in [0.25, 0.3) is 0 Å². The molecule has 0 aliphatic carbocycles. The van der Waals surface area contributed by atoms with Crippen LogP contribution < -0.4 is 10.7 Å². The second-order valence-corrected chi connectivity index (χ2v) is 5.33. The number of amides is 2. The lowest BCUT2D eigenvalue weighted by Crippen LogP contribution is -2.32. The highest BCUT2D eigenvalue weighted by Gasteiger charge is 2.13. The van der Waals surface area contributed by atoms with E-state index in [0.717, 1.165) is 16.5 Å². The van der Waals surface area contributed by atoms with Crippen molar-refractivity contribution < 1.29 is 19.5 Å². The molecule has 0 saturated carbocycles. The van der Waals surface area contributed by atoms with E-state index in [0.29, 0.717) is 5.69 Å². The number of para-hydroxylation sites is 1. The van der Waals surface area contributed by atoms with E-state index in [1.165, 1.54) is 30.5 Å². The number of nitrogens with zero attached hydrogens (tertiary/aromatic N) is 1. The molecule has 8 nitrogen and oxygen atoms in total. The molecule has 2 aromatic carbocycles. The van der Waals surface area contributed by atoms with E-state index < -0.39 is 17.8 Å². The number of nitrogens with one attached hydrogen (secondary N) is 3. The molecule has 1 aromatic heterocycles. The standard InChI is InChI=1S/C18H14N4O4/c23-16(21-13-7-5-11(6-8-13)18(25)26)17(24)22-20-10-12-9-19-15-4-2-1-3-14(12)15/h1-10,19H,(H,21,23)(H,22,24)(H,25,26). The molecule has 0 aliphatic heterocycles. The van der Waals surface area contributed by atoms with Crippen LogP contribution in [0.15, 0.2) is 59.8 Å². The van der Waals surface area contributed by atoms with Gasteiger partial charge in [0.15, 0.2) is 0 Å². The average Bonchev–Trinajstić information content (AvgIpc) is 3.05. The molecule has 3 aromatic rings. The van der Waals surface area contributed by atoms with E-state index in [9.17, 15) is 14.4 Å². The maximum absolute atomic E-state index is 11.8. The quantitative estimate of drug-likeness (QED) is 0.326. The van der Waals surface area contributed by atoms with Gasteiger partial charge in [-0.2, -0.15) is 5.10 Å². The topological polar surface area (TPSA) is 124 Å². The molecule has 0 radical (unpaired) electrons. The number of hydrogen-bond donors (Lipinski definition) is 4. The number of aromatic nitrogens is 1. The molecular weight excluding hydrogens is 336 g/mol. The number of hydrogen-bond acceptors (Lipinski definition) is 4. The Morgan fingerprint density at radius 1 is 1.00 bits per heavy atom. The van der Waals surface area contributed by atoms with Gasteiger partial charge in [-0.1, -0.05) is 18.2 Å². The normalized spacial score (nSPS) is 10.8. The third-order valence-corrected chi connectivity index (χ3v) is 3.59. The van der Waals surface area contributed by atoms with Crippen LogP contribution >= 0.6 is 0 Å². The number of rotatable bonds is 4. The predicted molar refractivity (Wildman–Crippen MR) is 96.1 cm³/mol. The number of benzene rings is 2. The number of fused-ring (bicyclic) bond motifs is 1. The number of carboxylic acid groups (broad SMARTS) is 1. The lowest BCUT2D eigenvalue weighted by atomic mass is 10.2. The number of carboxylic acids is 1. The highest BCUT2D eigenvalue weighted by molar-refractivity contribution is 6.39. The van der Waals surface area contributed by atoms with Gasteiger partial charge in [0.2, 0.25) is 0 Å². The van der Waals surface area contributed by atoms with Gasteiger partial charge in [-0.25, -0.2) is 10.2 Å². The lowest BCUT2D eigenvalue weighted by molar-refractivity contribution is -0.136. The van der Waals surface area contributed by atoms with Gasteiger partial charge in [-0.15, -0.1) is 0 Å². The third kappa shape index (κ3) is 3.75. The van der Waals surface area contributed by atoms with E-state index in [-0.39, 0.29) is 5.56 Å². The molecule has 8 heteroatoms. The number of anilines is 1. The Bertz CT molecular complexity index is 1010. The lowest BCUT2D eigenvalue weighted by Gasteiger charge is -2.04. The molecule has 0 bridgehead atoms. The predicted octanol–water partition coefficient (Wildman–Crippen LogP) is 1.95. The fourth-order valence-electron chi connectivity index (χ4n) is 2.30. The summed E-state index contributed by atoms with van der Waals surface area (Å²) in [5, 5.41) is 15.9. The zero-order valence-corrected chi connectivity index (χ0v) is 13.4. The maximum Gasteiger partial charge on any atom is 0.335 e. The van der Waals surface area contributed by atoms with E-state index in [1.807, 2.05) is 24.3 Å². The van der Waals surface area contributed by atoms with E-state index in [1.54, 1.807) is 6.20 Å². The Hall–Kier alpha value is -3.94. The zero-order valence-electron chi connectivity index (χ0n) is 13.4. The number of carbonyl (C=O) groups excluding carboxylic acids is 2. The van der Waals surface area contributed by atoms with Gasteiger partial charge in [-0.05, 0) is 30.3 Å². The molecule has 2 amide bonds. The minimum Gasteiger partial charge on any atom is -0.478 e. The summed E-state index contributed by atoms with van der Waals surface area (Å²) in [5.74, 6) is -2.93. The summed E-state index contributed by atoms with van der Waals surface area (Å²) in [5.41, 5.74) is 4.23. The molecule has 1 heterocycles. The van der Waals surface area contributed by atoms with Crippen LogP contribution in [0.25, 0.3) is 10.9 Å². The molecular formula is C18H14N4O4. The second-order valence-electron chi connectivity index (χ2n) is 5.33. The van der Waals surface area contributed by atoms with Gasteiger partial charge in [-0.3, -0.25) is 9.59 Å². The number of aromatic amines is 1. The van der Waals surface area contributed by atoms with Gasteiger partial charge < -0.3 is 15.4 Å². The van der Waals surface area contributed by atoms with Crippen molar-refractivity contribution in [1.29, 1.82) is 0 Å². The number of hydrazone groups is 1. The van der Waals surface area contributed by atoms with Crippen molar-refractivity contribution in [3.8, 4) is 0 Å². The minimum absolute atomic E-state index is 0.0794. The first-order valence-electron chi connectivity index (χ1n) is 7.58. The molecule has 4 N–H and O–H groups in total. The SMILES string of the molecule is O=C(NN=Cc1c[nH]c2ccccc12)C(=O)Nc1ccc(C(=O)O)cc1. The van der Waals surface area contributed by atoms with Crippen molar-refractivity contribution >= 4 is 40.6 Å². The second kappa shape index (κ2) is 7.31. The van der Waals surface area contributed by atoms with Crippen LogP contribution in [0.4, 0.5) is 5.69 Å². The molecule has 3 rings (SSSR count). The number of carbonyl (C=O) groups is 3. The summed E-state index contributed by atoms with van der Waals surface area (Å²) in [6.45, 7) is 0. The molecule has 0 fully saturated rings. The van der Waals surface area contributed by atoms with Crippen molar-refractivity contribution in [3.05, 3.63) is 65.9 Å². The first-order valence-corrected chi connectivity index (χ1v) is 7.58. The van der Waals surface area contributed by atoms with Gasteiger partial charge in [0.1, 0.15) is 0 Å². The highest BCUT2D eigenvalue weighted by Crippen LogP contribution is 2.15. The Balaban J connectivity index is 1.59. The zero-order chi connectivity index (χ0) is 18.5. The third-order valence-electron chi connectivity index (χ3n) is 3.59. The summed E-state index contributed by atoms with van der Waals surface area (Å²) in [6.07, 6.45) is 3.18. The van der Waals surface area contributed by atoms with Gasteiger partial charge >= 0.3 is 17.8 Å². The van der Waals surface area contributed by atoms with E-state index >= 15 is 0 Å². The summed E-state index contributed by atoms with van der Waals surface area (Å²) in [7, 11) is 0. The number of H-pyrrole nitrogens is 1. The van der Waals surface area contributed by atoms with Crippen LogP contribution in [0, 0.1) is 0 Å². The van der Waals surface area contributed by atoms with E-state index in [2.05, 4.69) is 20.8 Å². The van der Waals surface area contributed by atoms with Crippen molar-refractivity contribution in [2.45, 2.75) is 0 Å². The van der Waals surface area contributed by atoms with Crippen LogP contribution in [0.5, 0.6) is 0 Å². The van der Waals surface area contributed by atoms with Crippen LogP contribution in [-0.2, 0) is 9.59 Å². The molecule has 0 unspecified atom stereocenters. The largest absolute Gasteiger partial charge is 0.478 e. The smallest absolute Gasteiger partial charge is 0.335 e. The average molecular weight is 350 g/mol. The summed E-state index contributed by atoms with van der Waals surface area (Å²) in [6, 6.07) is 13.0. The molecule has 26 heavy (non-hydrogen) atoms. The van der Waals surface area contributed by atoms with Crippen LogP contribution in [-0.4, -0.2) is 34.1 Å². The molecule has 0 aliphatic rings. The fraction of sp³-hybridized carbons (Fsp3) is 0. The molecule has 130 valence electrons. The van der Waals surface area contributed by atoms with Crippen molar-refractivity contribution in [2.24, 2.45) is 5.10 Å². The van der Waals surface area contributed by atoms with E-state index in [4.69, 9.17) is 5.11 Å². The fourth-order valence-corrected chi connectivity index (χ4v) is 2.30. The van der Waals surface area contributed by atoms with Crippen LogP contribution in [0.1, 0.15) is 15.9 Å². The molecule has 0 spiro atoms. The first kappa shape index (κ1) is 16.9. The Morgan fingerprint density at radius 3 is 2.46 bits per heavy atom. The summed E-state index contributed by atoms with van der Waals surface area (Å²) < 4.78 is 0. The summed E-state index contributed by atoms with van der Waals surface area (Å²) >= 11 is 0. The first-order chi connectivity index (χ1) is 12.5. The van der Waals surface area contributed by atoms with Gasteiger partial charge in [0, 0.05) is 28.4 Å². The highest BCUT2D eigenvalue weighted by atomic mass is 16.4. The minimum atomic E-state index is -1.08.